The van der Waals surface area contributed by atoms with Gasteiger partial charge in [0, 0.05) is 28.6 Å². The van der Waals surface area contributed by atoms with E-state index in [0.717, 1.165) is 38.5 Å². The summed E-state index contributed by atoms with van der Waals surface area (Å²) in [4.78, 5) is 9.70. The Morgan fingerprint density at radius 2 is 0.860 bits per heavy atom. The van der Waals surface area contributed by atoms with Gasteiger partial charge in [-0.05, 0) is 128 Å². The van der Waals surface area contributed by atoms with Gasteiger partial charge in [-0.25, -0.2) is 0 Å². The van der Waals surface area contributed by atoms with Gasteiger partial charge in [0.15, 0.2) is 0 Å². The molecule has 0 aliphatic rings. The summed E-state index contributed by atoms with van der Waals surface area (Å²) in [5, 5.41) is 4.48. The van der Waals surface area contributed by atoms with E-state index in [0.29, 0.717) is 0 Å². The smallest absolute Gasteiger partial charge is 0.0832 e. The minimum atomic E-state index is 0.929. The average Bonchev–Trinajstić information content (AvgIpc) is 3.63. The number of benzene rings is 8. The van der Waals surface area contributed by atoms with Crippen molar-refractivity contribution in [3.63, 3.8) is 0 Å². The van der Waals surface area contributed by atoms with Crippen molar-refractivity contribution < 1.29 is 0 Å². The highest BCUT2D eigenvalue weighted by Crippen LogP contribution is 2.40. The Hall–Kier alpha value is -7.62. The highest BCUT2D eigenvalue weighted by atomic mass is 15.0. The van der Waals surface area contributed by atoms with Gasteiger partial charge in [0.2, 0.25) is 0 Å². The second kappa shape index (κ2) is 13.6. The maximum atomic E-state index is 4.85. The molecular formula is C54H35N3. The third kappa shape index (κ3) is 5.76. The van der Waals surface area contributed by atoms with Crippen molar-refractivity contribution in [2.45, 2.75) is 0 Å². The topological polar surface area (TPSA) is 30.7 Å². The first kappa shape index (κ1) is 32.8. The van der Waals surface area contributed by atoms with E-state index in [1.54, 1.807) is 0 Å². The van der Waals surface area contributed by atoms with Crippen molar-refractivity contribution in [1.29, 1.82) is 0 Å². The van der Waals surface area contributed by atoms with Gasteiger partial charge >= 0.3 is 0 Å². The van der Waals surface area contributed by atoms with Gasteiger partial charge in [-0.3, -0.25) is 9.97 Å². The van der Waals surface area contributed by atoms with Crippen molar-refractivity contribution in [3.05, 3.63) is 213 Å². The van der Waals surface area contributed by atoms with Crippen LogP contribution in [0.4, 0.5) is 0 Å². The minimum Gasteiger partial charge on any atom is -0.308 e. The van der Waals surface area contributed by atoms with Crippen LogP contribution in [0.25, 0.3) is 105 Å². The zero-order valence-electron chi connectivity index (χ0n) is 31.0. The first-order valence-corrected chi connectivity index (χ1v) is 19.4. The second-order valence-corrected chi connectivity index (χ2v) is 14.6. The van der Waals surface area contributed by atoms with Gasteiger partial charge in [0.05, 0.1) is 33.1 Å². The maximum absolute atomic E-state index is 4.85. The number of aromatic nitrogens is 3. The molecule has 57 heavy (non-hydrogen) atoms. The summed E-state index contributed by atoms with van der Waals surface area (Å²) < 4.78 is 2.39. The summed E-state index contributed by atoms with van der Waals surface area (Å²) in [6.45, 7) is 0. The van der Waals surface area contributed by atoms with Crippen LogP contribution >= 0.6 is 0 Å². The molecule has 3 heteroatoms. The Kier molecular flexibility index (Phi) is 7.82. The monoisotopic (exact) mass is 725 g/mol. The van der Waals surface area contributed by atoms with Gasteiger partial charge in [0.1, 0.15) is 0 Å². The molecule has 3 heterocycles. The van der Waals surface area contributed by atoms with Gasteiger partial charge in [-0.2, -0.15) is 0 Å². The molecule has 0 amide bonds. The summed E-state index contributed by atoms with van der Waals surface area (Å²) in [7, 11) is 0. The van der Waals surface area contributed by atoms with Gasteiger partial charge in [0.25, 0.3) is 0 Å². The van der Waals surface area contributed by atoms with Crippen LogP contribution < -0.4 is 0 Å². The maximum Gasteiger partial charge on any atom is 0.0832 e. The fraction of sp³-hybridized carbons (Fsp3) is 0. The molecule has 0 aliphatic carbocycles. The quantitative estimate of drug-likeness (QED) is 0.160. The molecule has 8 aromatic carbocycles. The summed E-state index contributed by atoms with van der Waals surface area (Å²) in [5.74, 6) is 0. The lowest BCUT2D eigenvalue weighted by Gasteiger charge is -2.14. The molecule has 0 saturated heterocycles. The first-order chi connectivity index (χ1) is 28.2. The highest BCUT2D eigenvalue weighted by Gasteiger charge is 2.18. The fourth-order valence-electron chi connectivity index (χ4n) is 8.49. The van der Waals surface area contributed by atoms with Crippen molar-refractivity contribution >= 4 is 43.6 Å². The van der Waals surface area contributed by atoms with Crippen LogP contribution in [0.15, 0.2) is 213 Å². The number of fused-ring (bicyclic) bond motifs is 6. The van der Waals surface area contributed by atoms with Crippen molar-refractivity contribution in [3.8, 4) is 61.3 Å². The van der Waals surface area contributed by atoms with E-state index in [1.165, 1.54) is 66.4 Å². The SMILES string of the molecule is c1ccc(-c2cccc(-c3cc(-c4cccc(-c5ccccc5)c4)cc(-c4ccc5c(c4)c4ccccc4n5-c4cccc5ncc6cccnc6c45)c3)c2)cc1. The molecule has 266 valence electrons. The molecule has 0 spiro atoms. The molecule has 3 aromatic heterocycles. The summed E-state index contributed by atoms with van der Waals surface area (Å²) in [6.07, 6.45) is 3.79. The first-order valence-electron chi connectivity index (χ1n) is 19.4. The standard InChI is InChI=1S/C54H35N3/c1-3-13-36(14-4-1)38-17-9-19-40(29-38)44-31-45(41-20-10-18-39(30-41)37-15-5-2-6-16-37)33-46(32-44)42-26-27-51-48(34-42)47-22-7-8-24-50(47)57(51)52-25-11-23-49-53(52)54-43(35-56-49)21-12-28-55-54/h1-35H. The fourth-order valence-corrected chi connectivity index (χ4v) is 8.49. The van der Waals surface area contributed by atoms with Crippen LogP contribution in [0.3, 0.4) is 0 Å². The average molecular weight is 726 g/mol. The Labute approximate surface area is 330 Å². The summed E-state index contributed by atoms with van der Waals surface area (Å²) >= 11 is 0. The van der Waals surface area contributed by atoms with E-state index >= 15 is 0 Å². The van der Waals surface area contributed by atoms with Crippen molar-refractivity contribution in [2.75, 3.05) is 0 Å². The number of pyridine rings is 2. The summed E-state index contributed by atoms with van der Waals surface area (Å²) in [6, 6.07) is 72.2. The largest absolute Gasteiger partial charge is 0.308 e. The predicted molar refractivity (Wildman–Crippen MR) is 239 cm³/mol. The van der Waals surface area contributed by atoms with Crippen LogP contribution in [-0.4, -0.2) is 14.5 Å². The molecule has 0 fully saturated rings. The Morgan fingerprint density at radius 3 is 1.53 bits per heavy atom. The molecule has 0 saturated carbocycles. The van der Waals surface area contributed by atoms with Crippen molar-refractivity contribution in [1.82, 2.24) is 14.5 Å². The number of rotatable bonds is 6. The second-order valence-electron chi connectivity index (χ2n) is 14.6. The van der Waals surface area contributed by atoms with Crippen LogP contribution in [-0.2, 0) is 0 Å². The van der Waals surface area contributed by atoms with Crippen molar-refractivity contribution in [2.24, 2.45) is 0 Å². The zero-order chi connectivity index (χ0) is 37.7. The Morgan fingerprint density at radius 1 is 0.333 bits per heavy atom. The Bertz CT molecular complexity index is 3190. The molecule has 0 aliphatic heterocycles. The predicted octanol–water partition coefficient (Wildman–Crippen LogP) is 14.2. The normalized spacial score (nSPS) is 11.5. The van der Waals surface area contributed by atoms with E-state index in [9.17, 15) is 0 Å². The number of hydrogen-bond acceptors (Lipinski definition) is 2. The highest BCUT2D eigenvalue weighted by molar-refractivity contribution is 6.14. The van der Waals surface area contributed by atoms with E-state index in [-0.39, 0.29) is 0 Å². The molecule has 0 radical (unpaired) electrons. The molecule has 0 bridgehead atoms. The number of hydrogen-bond donors (Lipinski definition) is 0. The van der Waals surface area contributed by atoms with E-state index in [2.05, 4.69) is 199 Å². The molecule has 11 aromatic rings. The molecule has 0 atom stereocenters. The lowest BCUT2D eigenvalue weighted by Crippen LogP contribution is -1.97. The third-order valence-electron chi connectivity index (χ3n) is 11.2. The lowest BCUT2D eigenvalue weighted by molar-refractivity contribution is 1.19. The zero-order valence-corrected chi connectivity index (χ0v) is 31.0. The van der Waals surface area contributed by atoms with Gasteiger partial charge < -0.3 is 4.57 Å². The molecule has 0 unspecified atom stereocenters. The third-order valence-corrected chi connectivity index (χ3v) is 11.2. The Balaban J connectivity index is 1.12. The number of para-hydroxylation sites is 1. The summed E-state index contributed by atoms with van der Waals surface area (Å²) in [5.41, 5.74) is 17.1. The molecule has 11 rings (SSSR count). The van der Waals surface area contributed by atoms with E-state index < -0.39 is 0 Å². The van der Waals surface area contributed by atoms with Gasteiger partial charge in [-0.15, -0.1) is 0 Å². The molecule has 0 N–H and O–H groups in total. The molecule has 3 nitrogen and oxygen atoms in total. The van der Waals surface area contributed by atoms with Crippen LogP contribution in [0.5, 0.6) is 0 Å². The van der Waals surface area contributed by atoms with Gasteiger partial charge in [-0.1, -0.05) is 127 Å². The minimum absolute atomic E-state index is 0.929. The van der Waals surface area contributed by atoms with Crippen LogP contribution in [0.2, 0.25) is 0 Å². The molecular weight excluding hydrogens is 691 g/mol. The lowest BCUT2D eigenvalue weighted by atomic mass is 9.91. The van der Waals surface area contributed by atoms with E-state index in [1.807, 2.05) is 18.5 Å². The van der Waals surface area contributed by atoms with E-state index in [4.69, 9.17) is 9.97 Å². The van der Waals surface area contributed by atoms with Crippen LogP contribution in [0, 0.1) is 0 Å². The number of nitrogens with zero attached hydrogens (tertiary/aromatic N) is 3. The van der Waals surface area contributed by atoms with Crippen LogP contribution in [0.1, 0.15) is 0 Å².